The molecule has 1 aliphatic rings. The number of aromatic nitrogens is 2. The Morgan fingerprint density at radius 1 is 1.27 bits per heavy atom. The Kier molecular flexibility index (Phi) is 7.08. The molecular formula is C21H26ClF3N4O. The number of carbonyl (C=O) groups excluding carboxylic acids is 1. The number of piperidine rings is 1. The minimum atomic E-state index is -4.58. The van der Waals surface area contributed by atoms with Gasteiger partial charge < -0.3 is 9.80 Å². The van der Waals surface area contributed by atoms with Gasteiger partial charge in [-0.3, -0.25) is 9.89 Å². The molecule has 1 N–H and O–H groups in total. The molecule has 0 radical (unpaired) electrons. The molecule has 2 aromatic rings. The largest absolute Gasteiger partial charge is 0.432 e. The molecule has 164 valence electrons. The number of alkyl halides is 3. The lowest BCUT2D eigenvalue weighted by Crippen LogP contribution is -2.44. The van der Waals surface area contributed by atoms with Crippen molar-refractivity contribution in [1.82, 2.24) is 20.0 Å². The summed E-state index contributed by atoms with van der Waals surface area (Å²) in [5.41, 5.74) is -0.559. The topological polar surface area (TPSA) is 52.2 Å². The number of benzene rings is 1. The number of halogens is 4. The van der Waals surface area contributed by atoms with Crippen molar-refractivity contribution in [3.63, 3.8) is 0 Å². The quantitative estimate of drug-likeness (QED) is 0.705. The van der Waals surface area contributed by atoms with Gasteiger partial charge in [0.25, 0.3) is 5.91 Å². The molecule has 30 heavy (non-hydrogen) atoms. The van der Waals surface area contributed by atoms with Gasteiger partial charge in [0.05, 0.1) is 0 Å². The van der Waals surface area contributed by atoms with Gasteiger partial charge in [-0.25, -0.2) is 0 Å². The number of likely N-dealkylation sites (tertiary alicyclic amines) is 1. The summed E-state index contributed by atoms with van der Waals surface area (Å²) in [4.78, 5) is 16.8. The predicted octanol–water partition coefficient (Wildman–Crippen LogP) is 4.70. The van der Waals surface area contributed by atoms with E-state index in [0.717, 1.165) is 24.7 Å². The first-order chi connectivity index (χ1) is 14.1. The molecule has 2 unspecified atom stereocenters. The zero-order chi connectivity index (χ0) is 21.9. The number of nitrogens with one attached hydrogen (secondary N) is 1. The van der Waals surface area contributed by atoms with Crippen molar-refractivity contribution >= 4 is 17.5 Å². The fourth-order valence-electron chi connectivity index (χ4n) is 4.06. The van der Waals surface area contributed by atoms with E-state index in [2.05, 4.69) is 23.8 Å². The average molecular weight is 443 g/mol. The van der Waals surface area contributed by atoms with Crippen molar-refractivity contribution in [2.24, 2.45) is 11.8 Å². The summed E-state index contributed by atoms with van der Waals surface area (Å²) in [6, 6.07) is 7.89. The van der Waals surface area contributed by atoms with E-state index < -0.39 is 17.8 Å². The molecule has 1 aromatic carbocycles. The fraction of sp³-hybridized carbons (Fsp3) is 0.524. The van der Waals surface area contributed by atoms with Gasteiger partial charge in [0.2, 0.25) is 0 Å². The van der Waals surface area contributed by atoms with E-state index in [-0.39, 0.29) is 12.2 Å². The SMILES string of the molecule is CC1CC(C)CN(CCN(Cc2ccccc2Cl)C(=O)c2cc(C(F)(F)F)[nH]n2)C1. The molecule has 9 heteroatoms. The third kappa shape index (κ3) is 5.76. The van der Waals surface area contributed by atoms with E-state index in [1.54, 1.807) is 18.2 Å². The molecule has 1 aromatic heterocycles. The normalized spacial score (nSPS) is 20.3. The molecule has 1 aliphatic heterocycles. The van der Waals surface area contributed by atoms with Crippen LogP contribution in [-0.2, 0) is 12.7 Å². The molecule has 0 spiro atoms. The first-order valence-corrected chi connectivity index (χ1v) is 10.4. The van der Waals surface area contributed by atoms with E-state index in [1.807, 2.05) is 11.2 Å². The average Bonchev–Trinajstić information content (AvgIpc) is 3.16. The second-order valence-electron chi connectivity index (χ2n) is 8.19. The molecule has 2 heterocycles. The van der Waals surface area contributed by atoms with Gasteiger partial charge in [-0.2, -0.15) is 18.3 Å². The highest BCUT2D eigenvalue weighted by Crippen LogP contribution is 2.28. The van der Waals surface area contributed by atoms with Crippen LogP contribution >= 0.6 is 11.6 Å². The summed E-state index contributed by atoms with van der Waals surface area (Å²) in [5.74, 6) is 0.587. The third-order valence-electron chi connectivity index (χ3n) is 5.34. The van der Waals surface area contributed by atoms with Crippen LogP contribution in [0.3, 0.4) is 0 Å². The van der Waals surface area contributed by atoms with E-state index in [1.165, 1.54) is 11.3 Å². The highest BCUT2D eigenvalue weighted by Gasteiger charge is 2.34. The van der Waals surface area contributed by atoms with Gasteiger partial charge in [-0.15, -0.1) is 0 Å². The van der Waals surface area contributed by atoms with Crippen molar-refractivity contribution in [1.29, 1.82) is 0 Å². The van der Waals surface area contributed by atoms with Gasteiger partial charge in [0.1, 0.15) is 5.69 Å². The van der Waals surface area contributed by atoms with E-state index in [9.17, 15) is 18.0 Å². The molecule has 3 rings (SSSR count). The molecule has 0 aliphatic carbocycles. The third-order valence-corrected chi connectivity index (χ3v) is 5.71. The lowest BCUT2D eigenvalue weighted by Gasteiger charge is -2.36. The smallest absolute Gasteiger partial charge is 0.332 e. The molecule has 0 saturated carbocycles. The van der Waals surface area contributed by atoms with Crippen molar-refractivity contribution in [2.75, 3.05) is 26.2 Å². The van der Waals surface area contributed by atoms with E-state index in [4.69, 9.17) is 11.6 Å². The molecule has 2 atom stereocenters. The second kappa shape index (κ2) is 9.39. The number of amides is 1. The number of carbonyl (C=O) groups is 1. The Labute approximate surface area is 179 Å². The first kappa shape index (κ1) is 22.6. The summed E-state index contributed by atoms with van der Waals surface area (Å²) in [7, 11) is 0. The van der Waals surface area contributed by atoms with Crippen LogP contribution in [0.1, 0.15) is 42.0 Å². The van der Waals surface area contributed by atoms with Crippen LogP contribution in [-0.4, -0.2) is 52.1 Å². The Hall–Kier alpha value is -2.06. The first-order valence-electron chi connectivity index (χ1n) is 10.0. The predicted molar refractivity (Wildman–Crippen MR) is 109 cm³/mol. The molecule has 1 amide bonds. The maximum absolute atomic E-state index is 13.0. The minimum Gasteiger partial charge on any atom is -0.332 e. The maximum Gasteiger partial charge on any atom is 0.432 e. The lowest BCUT2D eigenvalue weighted by molar-refractivity contribution is -0.141. The summed E-state index contributed by atoms with van der Waals surface area (Å²) >= 11 is 6.25. The summed E-state index contributed by atoms with van der Waals surface area (Å²) in [6.07, 6.45) is -3.41. The highest BCUT2D eigenvalue weighted by molar-refractivity contribution is 6.31. The van der Waals surface area contributed by atoms with Crippen molar-refractivity contribution in [2.45, 2.75) is 33.0 Å². The number of H-pyrrole nitrogens is 1. The number of aromatic amines is 1. The van der Waals surface area contributed by atoms with Crippen LogP contribution in [0.15, 0.2) is 30.3 Å². The standard InChI is InChI=1S/C21H26ClF3N4O/c1-14-9-15(2)12-28(11-14)7-8-29(13-16-5-3-4-6-17(16)22)20(30)18-10-19(27-26-18)21(23,24)25/h3-6,10,14-15H,7-9,11-13H2,1-2H3,(H,26,27). The number of hydrogen-bond acceptors (Lipinski definition) is 3. The van der Waals surface area contributed by atoms with Gasteiger partial charge in [-0.05, 0) is 29.9 Å². The number of nitrogens with zero attached hydrogens (tertiary/aromatic N) is 3. The molecular weight excluding hydrogens is 417 g/mol. The number of hydrogen-bond donors (Lipinski definition) is 1. The molecule has 0 bridgehead atoms. The molecule has 1 saturated heterocycles. The van der Waals surface area contributed by atoms with Gasteiger partial charge in [-0.1, -0.05) is 43.6 Å². The minimum absolute atomic E-state index is 0.200. The zero-order valence-electron chi connectivity index (χ0n) is 17.0. The van der Waals surface area contributed by atoms with Crippen molar-refractivity contribution in [3.8, 4) is 0 Å². The maximum atomic E-state index is 13.0. The highest BCUT2D eigenvalue weighted by atomic mass is 35.5. The van der Waals surface area contributed by atoms with Gasteiger partial charge >= 0.3 is 6.18 Å². The summed E-state index contributed by atoms with van der Waals surface area (Å²) in [5, 5.41) is 6.03. The van der Waals surface area contributed by atoms with Crippen LogP contribution in [0, 0.1) is 11.8 Å². The summed E-state index contributed by atoms with van der Waals surface area (Å²) < 4.78 is 38.7. The Bertz CT molecular complexity index is 860. The van der Waals surface area contributed by atoms with Gasteiger partial charge in [0.15, 0.2) is 5.69 Å². The number of rotatable bonds is 6. The van der Waals surface area contributed by atoms with Crippen LogP contribution < -0.4 is 0 Å². The molecule has 5 nitrogen and oxygen atoms in total. The van der Waals surface area contributed by atoms with Crippen LogP contribution in [0.5, 0.6) is 0 Å². The Balaban J connectivity index is 1.77. The fourth-order valence-corrected chi connectivity index (χ4v) is 4.26. The zero-order valence-corrected chi connectivity index (χ0v) is 17.8. The Morgan fingerprint density at radius 2 is 1.93 bits per heavy atom. The summed E-state index contributed by atoms with van der Waals surface area (Å²) in [6.45, 7) is 7.51. The van der Waals surface area contributed by atoms with Crippen LogP contribution in [0.25, 0.3) is 0 Å². The van der Waals surface area contributed by atoms with Crippen LogP contribution in [0.2, 0.25) is 5.02 Å². The molecule has 1 fully saturated rings. The van der Waals surface area contributed by atoms with Crippen molar-refractivity contribution in [3.05, 3.63) is 52.3 Å². The van der Waals surface area contributed by atoms with E-state index >= 15 is 0 Å². The van der Waals surface area contributed by atoms with Crippen molar-refractivity contribution < 1.29 is 18.0 Å². The monoisotopic (exact) mass is 442 g/mol. The van der Waals surface area contributed by atoms with Crippen LogP contribution in [0.4, 0.5) is 13.2 Å². The van der Waals surface area contributed by atoms with E-state index in [0.29, 0.717) is 29.9 Å². The van der Waals surface area contributed by atoms with Gasteiger partial charge in [0, 0.05) is 43.8 Å². The Morgan fingerprint density at radius 3 is 2.53 bits per heavy atom. The lowest BCUT2D eigenvalue weighted by atomic mass is 9.92. The second-order valence-corrected chi connectivity index (χ2v) is 8.60.